The molecule has 18 heavy (non-hydrogen) atoms. The van der Waals surface area contributed by atoms with E-state index >= 15 is 0 Å². The van der Waals surface area contributed by atoms with E-state index in [1.54, 1.807) is 6.20 Å². The van der Waals surface area contributed by atoms with Gasteiger partial charge < -0.3 is 5.32 Å². The van der Waals surface area contributed by atoms with Gasteiger partial charge in [-0.2, -0.15) is 0 Å². The van der Waals surface area contributed by atoms with Crippen molar-refractivity contribution in [2.24, 2.45) is 0 Å². The second kappa shape index (κ2) is 5.32. The SMILES string of the molecule is Cc1cc(Br)cnc1Nc1cc(Br)c(F)cc1F. The minimum Gasteiger partial charge on any atom is -0.338 e. The van der Waals surface area contributed by atoms with Gasteiger partial charge in [0.25, 0.3) is 0 Å². The van der Waals surface area contributed by atoms with Crippen molar-refractivity contribution in [3.63, 3.8) is 0 Å². The van der Waals surface area contributed by atoms with E-state index in [-0.39, 0.29) is 10.2 Å². The Morgan fingerprint density at radius 3 is 2.50 bits per heavy atom. The lowest BCUT2D eigenvalue weighted by atomic mass is 10.2. The maximum absolute atomic E-state index is 13.6. The molecule has 2 nitrogen and oxygen atoms in total. The molecule has 0 radical (unpaired) electrons. The summed E-state index contributed by atoms with van der Waals surface area (Å²) in [6, 6.07) is 4.01. The Bertz CT molecular complexity index is 603. The number of hydrogen-bond acceptors (Lipinski definition) is 2. The van der Waals surface area contributed by atoms with Crippen LogP contribution in [0.5, 0.6) is 0 Å². The monoisotopic (exact) mass is 376 g/mol. The summed E-state index contributed by atoms with van der Waals surface area (Å²) in [4.78, 5) is 4.13. The first-order valence-electron chi connectivity index (χ1n) is 5.01. The molecule has 1 N–H and O–H groups in total. The lowest BCUT2D eigenvalue weighted by Crippen LogP contribution is -1.99. The van der Waals surface area contributed by atoms with Crippen molar-refractivity contribution in [3.05, 3.63) is 50.5 Å². The standard InChI is InChI=1S/C12H8Br2F2N2/c1-6-2-7(13)5-17-12(6)18-11-3-8(14)9(15)4-10(11)16/h2-5H,1H3,(H,17,18). The molecule has 1 aromatic carbocycles. The minimum absolute atomic E-state index is 0.168. The summed E-state index contributed by atoms with van der Waals surface area (Å²) >= 11 is 6.31. The third-order valence-electron chi connectivity index (χ3n) is 2.31. The van der Waals surface area contributed by atoms with Crippen LogP contribution in [0, 0.1) is 18.6 Å². The Balaban J connectivity index is 2.37. The predicted molar refractivity (Wildman–Crippen MR) is 74.0 cm³/mol. The number of aromatic nitrogens is 1. The van der Waals surface area contributed by atoms with Crippen LogP contribution in [0.4, 0.5) is 20.3 Å². The summed E-state index contributed by atoms with van der Waals surface area (Å²) in [5.41, 5.74) is 1.02. The van der Waals surface area contributed by atoms with E-state index in [2.05, 4.69) is 42.2 Å². The van der Waals surface area contributed by atoms with E-state index in [0.29, 0.717) is 5.82 Å². The van der Waals surface area contributed by atoms with Gasteiger partial charge >= 0.3 is 0 Å². The van der Waals surface area contributed by atoms with Crippen molar-refractivity contribution in [2.45, 2.75) is 6.92 Å². The average Bonchev–Trinajstić information content (AvgIpc) is 2.29. The van der Waals surface area contributed by atoms with Crippen molar-refractivity contribution < 1.29 is 8.78 Å². The van der Waals surface area contributed by atoms with Gasteiger partial charge in [-0.15, -0.1) is 0 Å². The van der Waals surface area contributed by atoms with Gasteiger partial charge in [-0.05, 0) is 56.5 Å². The van der Waals surface area contributed by atoms with Gasteiger partial charge in [0.15, 0.2) is 0 Å². The molecule has 0 aliphatic heterocycles. The van der Waals surface area contributed by atoms with Gasteiger partial charge in [-0.3, -0.25) is 0 Å². The van der Waals surface area contributed by atoms with Gasteiger partial charge in [0, 0.05) is 16.7 Å². The number of nitrogens with zero attached hydrogens (tertiary/aromatic N) is 1. The van der Waals surface area contributed by atoms with Crippen molar-refractivity contribution >= 4 is 43.4 Å². The third kappa shape index (κ3) is 2.87. The number of aryl methyl sites for hydroxylation is 1. The summed E-state index contributed by atoms with van der Waals surface area (Å²) in [5, 5.41) is 2.83. The highest BCUT2D eigenvalue weighted by Crippen LogP contribution is 2.27. The highest BCUT2D eigenvalue weighted by Gasteiger charge is 2.10. The van der Waals surface area contributed by atoms with E-state index in [0.717, 1.165) is 16.1 Å². The molecule has 1 heterocycles. The first-order chi connectivity index (χ1) is 8.47. The summed E-state index contributed by atoms with van der Waals surface area (Å²) in [5.74, 6) is -0.783. The molecule has 2 aromatic rings. The van der Waals surface area contributed by atoms with Crippen LogP contribution in [0.25, 0.3) is 0 Å². The molecular weight excluding hydrogens is 370 g/mol. The molecule has 0 unspecified atom stereocenters. The quantitative estimate of drug-likeness (QED) is 0.750. The van der Waals surface area contributed by atoms with Gasteiger partial charge in [0.2, 0.25) is 0 Å². The zero-order valence-corrected chi connectivity index (χ0v) is 12.4. The summed E-state index contributed by atoms with van der Waals surface area (Å²) in [6.07, 6.45) is 1.60. The second-order valence-electron chi connectivity index (χ2n) is 3.69. The molecular formula is C12H8Br2F2N2. The molecule has 0 saturated carbocycles. The van der Waals surface area contributed by atoms with E-state index in [1.165, 1.54) is 6.07 Å². The largest absolute Gasteiger partial charge is 0.338 e. The second-order valence-corrected chi connectivity index (χ2v) is 5.46. The fourth-order valence-corrected chi connectivity index (χ4v) is 2.21. The maximum atomic E-state index is 13.6. The molecule has 1 aromatic heterocycles. The number of halogens is 4. The molecule has 0 fully saturated rings. The molecule has 0 spiro atoms. The maximum Gasteiger partial charge on any atom is 0.149 e. The molecule has 0 atom stereocenters. The van der Waals surface area contributed by atoms with Crippen LogP contribution in [-0.2, 0) is 0 Å². The first-order valence-corrected chi connectivity index (χ1v) is 6.59. The lowest BCUT2D eigenvalue weighted by Gasteiger charge is -2.10. The van der Waals surface area contributed by atoms with Gasteiger partial charge in [-0.1, -0.05) is 0 Å². The van der Waals surface area contributed by atoms with Gasteiger partial charge in [-0.25, -0.2) is 13.8 Å². The van der Waals surface area contributed by atoms with E-state index in [1.807, 2.05) is 13.0 Å². The van der Waals surface area contributed by atoms with E-state index in [4.69, 9.17) is 0 Å². The van der Waals surface area contributed by atoms with Crippen molar-refractivity contribution in [3.8, 4) is 0 Å². The molecule has 0 aliphatic rings. The van der Waals surface area contributed by atoms with Crippen molar-refractivity contribution in [1.82, 2.24) is 4.98 Å². The van der Waals surface area contributed by atoms with Crippen LogP contribution in [-0.4, -0.2) is 4.98 Å². The molecule has 0 bridgehead atoms. The average molecular weight is 378 g/mol. The number of benzene rings is 1. The van der Waals surface area contributed by atoms with Crippen LogP contribution in [0.15, 0.2) is 33.3 Å². The highest BCUT2D eigenvalue weighted by molar-refractivity contribution is 9.10. The zero-order valence-electron chi connectivity index (χ0n) is 9.27. The zero-order chi connectivity index (χ0) is 13.3. The molecule has 6 heteroatoms. The Morgan fingerprint density at radius 2 is 1.83 bits per heavy atom. The van der Waals surface area contributed by atoms with E-state index in [9.17, 15) is 8.78 Å². The van der Waals surface area contributed by atoms with Gasteiger partial charge in [0.1, 0.15) is 17.5 Å². The Morgan fingerprint density at radius 1 is 1.11 bits per heavy atom. The molecule has 0 saturated heterocycles. The fourth-order valence-electron chi connectivity index (χ4n) is 1.42. The fraction of sp³-hybridized carbons (Fsp3) is 0.0833. The summed E-state index contributed by atoms with van der Waals surface area (Å²) < 4.78 is 27.7. The summed E-state index contributed by atoms with van der Waals surface area (Å²) in [7, 11) is 0. The lowest BCUT2D eigenvalue weighted by molar-refractivity contribution is 0.581. The predicted octanol–water partition coefficient (Wildman–Crippen LogP) is 4.94. The number of hydrogen-bond donors (Lipinski definition) is 1. The molecule has 2 rings (SSSR count). The Kier molecular flexibility index (Phi) is 3.97. The third-order valence-corrected chi connectivity index (χ3v) is 3.35. The van der Waals surface area contributed by atoms with Crippen LogP contribution in [0.3, 0.4) is 0 Å². The number of pyridine rings is 1. The Hall–Kier alpha value is -1.01. The smallest absolute Gasteiger partial charge is 0.149 e. The van der Waals surface area contributed by atoms with Crippen LogP contribution >= 0.6 is 31.9 Å². The van der Waals surface area contributed by atoms with Crippen LogP contribution < -0.4 is 5.32 Å². The van der Waals surface area contributed by atoms with Crippen molar-refractivity contribution in [2.75, 3.05) is 5.32 Å². The number of nitrogens with one attached hydrogen (secondary N) is 1. The minimum atomic E-state index is -0.667. The van der Waals surface area contributed by atoms with Crippen molar-refractivity contribution in [1.29, 1.82) is 0 Å². The normalized spacial score (nSPS) is 10.5. The topological polar surface area (TPSA) is 24.9 Å². The van der Waals surface area contributed by atoms with E-state index < -0.39 is 11.6 Å². The number of rotatable bonds is 2. The van der Waals surface area contributed by atoms with Gasteiger partial charge in [0.05, 0.1) is 10.2 Å². The highest BCUT2D eigenvalue weighted by atomic mass is 79.9. The molecule has 0 amide bonds. The summed E-state index contributed by atoms with van der Waals surface area (Å²) in [6.45, 7) is 1.84. The molecule has 94 valence electrons. The van der Waals surface area contributed by atoms with Crippen LogP contribution in [0.2, 0.25) is 0 Å². The Labute approximate surface area is 120 Å². The first kappa shape index (κ1) is 13.4. The van der Waals surface area contributed by atoms with Crippen LogP contribution in [0.1, 0.15) is 5.56 Å². The molecule has 0 aliphatic carbocycles. The number of anilines is 2.